The first-order chi connectivity index (χ1) is 15.6. The smallest absolute Gasteiger partial charge is 0.338 e. The summed E-state index contributed by atoms with van der Waals surface area (Å²) in [4.78, 5) is 20.1. The highest BCUT2D eigenvalue weighted by atomic mass is 32.2. The zero-order valence-electron chi connectivity index (χ0n) is 17.1. The topological polar surface area (TPSA) is 110 Å². The van der Waals surface area contributed by atoms with E-state index in [9.17, 15) is 10.1 Å². The fourth-order valence-corrected chi connectivity index (χ4v) is 4.73. The molecular formula is C23H18N4O4S. The summed E-state index contributed by atoms with van der Waals surface area (Å²) in [5, 5.41) is 10.1. The molecule has 0 bridgehead atoms. The normalized spacial score (nSPS) is 18.9. The van der Waals surface area contributed by atoms with Crippen molar-refractivity contribution >= 4 is 28.6 Å². The van der Waals surface area contributed by atoms with Crippen molar-refractivity contribution in [2.75, 3.05) is 13.4 Å². The molecule has 0 radical (unpaired) electrons. The minimum atomic E-state index is -0.662. The summed E-state index contributed by atoms with van der Waals surface area (Å²) in [7, 11) is 0. The number of aliphatic imine (C=N–C) groups is 1. The molecule has 2 N–H and O–H groups in total. The fourth-order valence-electron chi connectivity index (χ4n) is 3.86. The first-order valence-electron chi connectivity index (χ1n) is 9.94. The van der Waals surface area contributed by atoms with E-state index in [-0.39, 0.29) is 19.2 Å². The van der Waals surface area contributed by atoms with Crippen LogP contribution in [0.5, 0.6) is 11.5 Å². The zero-order valence-corrected chi connectivity index (χ0v) is 17.9. The van der Waals surface area contributed by atoms with E-state index in [1.54, 1.807) is 17.9 Å². The molecule has 32 heavy (non-hydrogen) atoms. The maximum atomic E-state index is 13.3. The highest BCUT2D eigenvalue weighted by molar-refractivity contribution is 8.17. The summed E-state index contributed by atoms with van der Waals surface area (Å²) >= 11 is 1.18. The third kappa shape index (κ3) is 3.16. The van der Waals surface area contributed by atoms with Gasteiger partial charge in [0, 0.05) is 5.56 Å². The first-order valence-corrected chi connectivity index (χ1v) is 10.8. The van der Waals surface area contributed by atoms with E-state index >= 15 is 0 Å². The molecule has 2 aromatic rings. The quantitative estimate of drug-likeness (QED) is 0.711. The molecule has 5 rings (SSSR count). The Kier molecular flexibility index (Phi) is 4.99. The lowest BCUT2D eigenvalue weighted by Gasteiger charge is -2.35. The molecule has 9 heteroatoms. The van der Waals surface area contributed by atoms with Crippen molar-refractivity contribution in [3.05, 3.63) is 76.0 Å². The van der Waals surface area contributed by atoms with Gasteiger partial charge in [0.2, 0.25) is 6.79 Å². The summed E-state index contributed by atoms with van der Waals surface area (Å²) < 4.78 is 16.4. The molecular weight excluding hydrogens is 428 g/mol. The van der Waals surface area contributed by atoms with Crippen LogP contribution in [0.4, 0.5) is 0 Å². The molecule has 0 fully saturated rings. The predicted molar refractivity (Wildman–Crippen MR) is 119 cm³/mol. The van der Waals surface area contributed by atoms with E-state index in [2.05, 4.69) is 6.07 Å². The maximum absolute atomic E-state index is 13.3. The highest BCUT2D eigenvalue weighted by Gasteiger charge is 2.44. The lowest BCUT2D eigenvalue weighted by Crippen LogP contribution is -2.38. The van der Waals surface area contributed by atoms with Crippen LogP contribution in [-0.4, -0.2) is 29.4 Å². The molecule has 3 aliphatic rings. The second-order valence-corrected chi connectivity index (χ2v) is 8.03. The average Bonchev–Trinajstić information content (AvgIpc) is 3.42. The van der Waals surface area contributed by atoms with Crippen molar-refractivity contribution in [1.29, 1.82) is 5.26 Å². The van der Waals surface area contributed by atoms with E-state index < -0.39 is 12.0 Å². The van der Waals surface area contributed by atoms with Crippen LogP contribution in [0.15, 0.2) is 69.8 Å². The van der Waals surface area contributed by atoms with Gasteiger partial charge in [-0.2, -0.15) is 5.26 Å². The van der Waals surface area contributed by atoms with Crippen molar-refractivity contribution < 1.29 is 19.0 Å². The summed E-state index contributed by atoms with van der Waals surface area (Å²) in [5.41, 5.74) is 8.68. The average molecular weight is 446 g/mol. The third-order valence-electron chi connectivity index (χ3n) is 5.24. The molecule has 0 saturated carbocycles. The van der Waals surface area contributed by atoms with Crippen LogP contribution in [-0.2, 0) is 9.53 Å². The van der Waals surface area contributed by atoms with Gasteiger partial charge in [-0.25, -0.2) is 9.79 Å². The van der Waals surface area contributed by atoms with E-state index in [1.807, 2.05) is 42.5 Å². The van der Waals surface area contributed by atoms with Crippen LogP contribution in [0.25, 0.3) is 5.70 Å². The van der Waals surface area contributed by atoms with Crippen molar-refractivity contribution in [1.82, 2.24) is 4.90 Å². The Morgan fingerprint density at radius 1 is 1.28 bits per heavy atom. The Morgan fingerprint density at radius 3 is 2.81 bits per heavy atom. The lowest BCUT2D eigenvalue weighted by molar-refractivity contribution is -0.139. The van der Waals surface area contributed by atoms with Gasteiger partial charge in [0.05, 0.1) is 23.9 Å². The molecule has 0 saturated heterocycles. The standard InChI is InChI=1S/C23H18N4O4S/c1-2-29-22(28)18-19(13-6-4-3-5-7-13)26-23-27(21(25)17(11-24)32-23)20(18)14-8-9-15-16(10-14)31-12-30-15/h3-10,20H,2,12,25H2,1H3/t20-/m1/s1. The van der Waals surface area contributed by atoms with Gasteiger partial charge in [-0.1, -0.05) is 36.4 Å². The van der Waals surface area contributed by atoms with E-state index in [0.717, 1.165) is 11.1 Å². The number of fused-ring (bicyclic) bond motifs is 2. The van der Waals surface area contributed by atoms with Crippen LogP contribution in [0.1, 0.15) is 24.1 Å². The number of benzene rings is 2. The van der Waals surface area contributed by atoms with Gasteiger partial charge in [0.25, 0.3) is 0 Å². The number of nitrogens with zero attached hydrogens (tertiary/aromatic N) is 3. The molecule has 8 nitrogen and oxygen atoms in total. The first kappa shape index (κ1) is 20.0. The van der Waals surface area contributed by atoms with Crippen LogP contribution in [0, 0.1) is 11.3 Å². The second kappa shape index (κ2) is 7.98. The molecule has 3 aliphatic heterocycles. The summed E-state index contributed by atoms with van der Waals surface area (Å²) in [6, 6.07) is 16.3. The van der Waals surface area contributed by atoms with Gasteiger partial charge in [0.1, 0.15) is 16.8 Å². The summed E-state index contributed by atoms with van der Waals surface area (Å²) in [6.45, 7) is 2.09. The maximum Gasteiger partial charge on any atom is 0.338 e. The van der Waals surface area contributed by atoms with Gasteiger partial charge < -0.3 is 19.9 Å². The van der Waals surface area contributed by atoms with Crippen molar-refractivity contribution in [3.8, 4) is 17.6 Å². The summed E-state index contributed by atoms with van der Waals surface area (Å²) in [6.07, 6.45) is 0. The number of ether oxygens (including phenoxy) is 3. The van der Waals surface area contributed by atoms with Crippen molar-refractivity contribution in [3.63, 3.8) is 0 Å². The Labute approximate surface area is 188 Å². The minimum Gasteiger partial charge on any atom is -0.463 e. The largest absolute Gasteiger partial charge is 0.463 e. The number of carbonyl (C=O) groups is 1. The Morgan fingerprint density at radius 2 is 2.06 bits per heavy atom. The lowest BCUT2D eigenvalue weighted by atomic mass is 9.91. The fraction of sp³-hybridized carbons (Fsp3) is 0.174. The number of hydrogen-bond donors (Lipinski definition) is 1. The van der Waals surface area contributed by atoms with Crippen LogP contribution >= 0.6 is 11.8 Å². The number of rotatable bonds is 4. The predicted octanol–water partition coefficient (Wildman–Crippen LogP) is 3.50. The number of hydrogen-bond acceptors (Lipinski definition) is 9. The van der Waals surface area contributed by atoms with Crippen LogP contribution < -0.4 is 15.2 Å². The second-order valence-electron chi connectivity index (χ2n) is 7.06. The SMILES string of the molecule is CCOC(=O)C1=C(c2ccccc2)N=C2SC(C#N)=C(N)N2[C@@H]1c1ccc2c(c1)OCO2. The molecule has 1 atom stereocenters. The molecule has 0 spiro atoms. The molecule has 0 amide bonds. The third-order valence-corrected chi connectivity index (χ3v) is 6.22. The molecule has 0 aliphatic carbocycles. The number of amidine groups is 1. The Balaban J connectivity index is 1.76. The van der Waals surface area contributed by atoms with Gasteiger partial charge in [0.15, 0.2) is 16.7 Å². The van der Waals surface area contributed by atoms with Crippen molar-refractivity contribution in [2.45, 2.75) is 13.0 Å². The number of carbonyl (C=O) groups excluding carboxylic acids is 1. The van der Waals surface area contributed by atoms with E-state index in [4.69, 9.17) is 24.9 Å². The van der Waals surface area contributed by atoms with E-state index in [1.165, 1.54) is 11.8 Å². The number of thioether (sulfide) groups is 1. The van der Waals surface area contributed by atoms with Crippen LogP contribution in [0.2, 0.25) is 0 Å². The number of allylic oxidation sites excluding steroid dienone is 1. The molecule has 0 aromatic heterocycles. The highest BCUT2D eigenvalue weighted by Crippen LogP contribution is 2.48. The van der Waals surface area contributed by atoms with Gasteiger partial charge in [-0.15, -0.1) is 0 Å². The molecule has 3 heterocycles. The Bertz CT molecular complexity index is 1250. The van der Waals surface area contributed by atoms with E-state index in [0.29, 0.717) is 32.8 Å². The molecule has 2 aromatic carbocycles. The summed E-state index contributed by atoms with van der Waals surface area (Å²) in [5.74, 6) is 0.944. The molecule has 160 valence electrons. The number of nitriles is 1. The number of esters is 1. The molecule has 0 unspecified atom stereocenters. The van der Waals surface area contributed by atoms with Crippen LogP contribution in [0.3, 0.4) is 0 Å². The number of nitrogens with two attached hydrogens (primary N) is 1. The monoisotopic (exact) mass is 446 g/mol. The van der Waals surface area contributed by atoms with Crippen molar-refractivity contribution in [2.24, 2.45) is 10.7 Å². The minimum absolute atomic E-state index is 0.131. The van der Waals surface area contributed by atoms with Gasteiger partial charge >= 0.3 is 5.97 Å². The Hall–Kier alpha value is -3.90. The zero-order chi connectivity index (χ0) is 22.2. The van der Waals surface area contributed by atoms with Gasteiger partial charge in [-0.3, -0.25) is 4.90 Å². The van der Waals surface area contributed by atoms with Gasteiger partial charge in [-0.05, 0) is 36.4 Å².